The van der Waals surface area contributed by atoms with Gasteiger partial charge in [0, 0.05) is 0 Å². The third-order valence-electron chi connectivity index (χ3n) is 2.82. The number of rotatable bonds is 5. The van der Waals surface area contributed by atoms with Crippen LogP contribution in [0.4, 0.5) is 13.2 Å². The van der Waals surface area contributed by atoms with Gasteiger partial charge in [-0.1, -0.05) is 12.1 Å². The zero-order chi connectivity index (χ0) is 16.3. The predicted molar refractivity (Wildman–Crippen MR) is 65.0 cm³/mol. The number of ketones is 1. The minimum Gasteiger partial charge on any atom is -0.496 e. The van der Waals surface area contributed by atoms with Gasteiger partial charge in [-0.05, 0) is 12.1 Å². The number of esters is 1. The molecule has 0 aliphatic heterocycles. The first kappa shape index (κ1) is 17.0. The maximum absolute atomic E-state index is 12.9. The number of hydrogen-bond acceptors (Lipinski definition) is 5. The highest BCUT2D eigenvalue weighted by Gasteiger charge is 2.61. The number of methoxy groups -OCH3 is 2. The summed E-state index contributed by atoms with van der Waals surface area (Å²) in [6.45, 7) is 0. The van der Waals surface area contributed by atoms with Gasteiger partial charge < -0.3 is 14.6 Å². The molecule has 0 saturated carbocycles. The van der Waals surface area contributed by atoms with E-state index in [2.05, 4.69) is 4.74 Å². The number of Topliss-reactive ketones (excluding diaryl/α,β-unsaturated/α-hetero) is 1. The number of para-hydroxylation sites is 1. The Morgan fingerprint density at radius 3 is 2.24 bits per heavy atom. The van der Waals surface area contributed by atoms with Crippen LogP contribution < -0.4 is 4.74 Å². The first-order valence-corrected chi connectivity index (χ1v) is 5.71. The van der Waals surface area contributed by atoms with Crippen LogP contribution in [0.1, 0.15) is 16.8 Å². The number of ether oxygens (including phenoxy) is 2. The lowest BCUT2D eigenvalue weighted by Crippen LogP contribution is -2.54. The SMILES string of the molecule is COC(=O)C(O)(CC(=O)c1ccccc1OC)C(F)(F)F. The summed E-state index contributed by atoms with van der Waals surface area (Å²) in [5, 5.41) is 9.55. The fourth-order valence-electron chi connectivity index (χ4n) is 1.66. The van der Waals surface area contributed by atoms with Gasteiger partial charge >= 0.3 is 12.1 Å². The van der Waals surface area contributed by atoms with E-state index in [1.807, 2.05) is 0 Å². The van der Waals surface area contributed by atoms with Gasteiger partial charge in [0.05, 0.1) is 26.2 Å². The molecule has 0 radical (unpaired) electrons. The van der Waals surface area contributed by atoms with Crippen LogP contribution in [0.2, 0.25) is 0 Å². The molecule has 116 valence electrons. The average molecular weight is 306 g/mol. The van der Waals surface area contributed by atoms with Crippen LogP contribution in [0.25, 0.3) is 0 Å². The summed E-state index contributed by atoms with van der Waals surface area (Å²) in [5.74, 6) is -3.01. The van der Waals surface area contributed by atoms with Gasteiger partial charge in [-0.15, -0.1) is 0 Å². The van der Waals surface area contributed by atoms with Crippen molar-refractivity contribution in [2.24, 2.45) is 0 Å². The Kier molecular flexibility index (Phi) is 4.95. The molecule has 0 fully saturated rings. The molecule has 0 bridgehead atoms. The maximum Gasteiger partial charge on any atom is 0.428 e. The molecule has 21 heavy (non-hydrogen) atoms. The van der Waals surface area contributed by atoms with Gasteiger partial charge in [-0.3, -0.25) is 4.79 Å². The van der Waals surface area contributed by atoms with Crippen molar-refractivity contribution >= 4 is 11.8 Å². The smallest absolute Gasteiger partial charge is 0.428 e. The van der Waals surface area contributed by atoms with Crippen molar-refractivity contribution in [1.82, 2.24) is 0 Å². The van der Waals surface area contributed by atoms with Crippen LogP contribution >= 0.6 is 0 Å². The van der Waals surface area contributed by atoms with Crippen molar-refractivity contribution in [3.63, 3.8) is 0 Å². The highest BCUT2D eigenvalue weighted by Crippen LogP contribution is 2.36. The highest BCUT2D eigenvalue weighted by molar-refractivity contribution is 6.02. The van der Waals surface area contributed by atoms with E-state index < -0.39 is 30.0 Å². The number of carbonyl (C=O) groups excluding carboxylic acids is 2. The molecule has 1 atom stereocenters. The van der Waals surface area contributed by atoms with Crippen molar-refractivity contribution < 1.29 is 37.3 Å². The topological polar surface area (TPSA) is 72.8 Å². The molecule has 0 spiro atoms. The lowest BCUT2D eigenvalue weighted by atomic mass is 9.93. The summed E-state index contributed by atoms with van der Waals surface area (Å²) in [6.07, 6.45) is -6.85. The van der Waals surface area contributed by atoms with Crippen molar-refractivity contribution in [1.29, 1.82) is 0 Å². The zero-order valence-corrected chi connectivity index (χ0v) is 11.2. The second-order valence-electron chi connectivity index (χ2n) is 4.15. The lowest BCUT2D eigenvalue weighted by molar-refractivity contribution is -0.260. The number of carbonyl (C=O) groups is 2. The van der Waals surface area contributed by atoms with Crippen LogP contribution in [-0.2, 0) is 9.53 Å². The molecule has 1 rings (SSSR count). The quantitative estimate of drug-likeness (QED) is 0.662. The normalized spacial score (nSPS) is 14.2. The largest absolute Gasteiger partial charge is 0.496 e. The van der Waals surface area contributed by atoms with Gasteiger partial charge in [0.25, 0.3) is 5.60 Å². The molecule has 0 aliphatic rings. The molecule has 0 saturated heterocycles. The maximum atomic E-state index is 12.9. The van der Waals surface area contributed by atoms with E-state index in [4.69, 9.17) is 4.74 Å². The number of hydrogen-bond donors (Lipinski definition) is 1. The van der Waals surface area contributed by atoms with Crippen LogP contribution in [0, 0.1) is 0 Å². The molecule has 1 aromatic rings. The Balaban J connectivity index is 3.16. The fraction of sp³-hybridized carbons (Fsp3) is 0.385. The van der Waals surface area contributed by atoms with Crippen LogP contribution in [-0.4, -0.2) is 42.9 Å². The molecule has 1 aromatic carbocycles. The Labute approximate surface area is 118 Å². The van der Waals surface area contributed by atoms with Crippen molar-refractivity contribution in [3.8, 4) is 5.75 Å². The molecular weight excluding hydrogens is 293 g/mol. The van der Waals surface area contributed by atoms with Gasteiger partial charge in [0.15, 0.2) is 5.78 Å². The Morgan fingerprint density at radius 1 is 1.19 bits per heavy atom. The minimum absolute atomic E-state index is 0.0388. The second kappa shape index (κ2) is 6.13. The summed E-state index contributed by atoms with van der Waals surface area (Å²) in [7, 11) is 1.93. The molecule has 0 amide bonds. The molecular formula is C13H13F3O5. The summed E-state index contributed by atoms with van der Waals surface area (Å²) < 4.78 is 47.4. The average Bonchev–Trinajstić information content (AvgIpc) is 2.44. The molecule has 8 heteroatoms. The number of alkyl halides is 3. The van der Waals surface area contributed by atoms with Crippen LogP contribution in [0.3, 0.4) is 0 Å². The Morgan fingerprint density at radius 2 is 1.76 bits per heavy atom. The van der Waals surface area contributed by atoms with E-state index in [9.17, 15) is 27.9 Å². The first-order chi connectivity index (χ1) is 9.67. The standard InChI is InChI=1S/C13H13F3O5/c1-20-10-6-4-3-5-8(10)9(17)7-12(19,11(18)21-2)13(14,15)16/h3-6,19H,7H2,1-2H3. The van der Waals surface area contributed by atoms with Gasteiger partial charge in [0.2, 0.25) is 0 Å². The van der Waals surface area contributed by atoms with Crippen LogP contribution in [0.5, 0.6) is 5.75 Å². The zero-order valence-electron chi connectivity index (χ0n) is 11.2. The summed E-state index contributed by atoms with van der Waals surface area (Å²) in [4.78, 5) is 23.2. The predicted octanol–water partition coefficient (Wildman–Crippen LogP) is 1.73. The molecule has 0 heterocycles. The van der Waals surface area contributed by atoms with Gasteiger partial charge in [0.1, 0.15) is 5.75 Å². The number of benzene rings is 1. The van der Waals surface area contributed by atoms with Gasteiger partial charge in [-0.25, -0.2) is 4.79 Å². The van der Waals surface area contributed by atoms with Crippen molar-refractivity contribution in [3.05, 3.63) is 29.8 Å². The minimum atomic E-state index is -5.35. The summed E-state index contributed by atoms with van der Waals surface area (Å²) in [5.41, 5.74) is -4.08. The third-order valence-corrected chi connectivity index (χ3v) is 2.82. The number of aliphatic hydroxyl groups is 1. The van der Waals surface area contributed by atoms with E-state index >= 15 is 0 Å². The first-order valence-electron chi connectivity index (χ1n) is 5.71. The lowest BCUT2D eigenvalue weighted by Gasteiger charge is -2.27. The van der Waals surface area contributed by atoms with Crippen molar-refractivity contribution in [2.45, 2.75) is 18.2 Å². The van der Waals surface area contributed by atoms with E-state index in [1.165, 1.54) is 31.4 Å². The van der Waals surface area contributed by atoms with E-state index in [0.29, 0.717) is 7.11 Å². The molecule has 0 aromatic heterocycles. The highest BCUT2D eigenvalue weighted by atomic mass is 19.4. The monoisotopic (exact) mass is 306 g/mol. The van der Waals surface area contributed by atoms with E-state index in [-0.39, 0.29) is 11.3 Å². The van der Waals surface area contributed by atoms with E-state index in [1.54, 1.807) is 0 Å². The Bertz CT molecular complexity index is 541. The fourth-order valence-corrected chi connectivity index (χ4v) is 1.66. The number of halogens is 3. The molecule has 1 unspecified atom stereocenters. The van der Waals surface area contributed by atoms with Crippen molar-refractivity contribution in [2.75, 3.05) is 14.2 Å². The third kappa shape index (κ3) is 3.33. The van der Waals surface area contributed by atoms with Crippen LogP contribution in [0.15, 0.2) is 24.3 Å². The molecule has 0 aliphatic carbocycles. The second-order valence-corrected chi connectivity index (χ2v) is 4.15. The summed E-state index contributed by atoms with van der Waals surface area (Å²) in [6, 6.07) is 5.54. The molecule has 1 N–H and O–H groups in total. The Hall–Kier alpha value is -2.09. The molecule has 5 nitrogen and oxygen atoms in total. The summed E-state index contributed by atoms with van der Waals surface area (Å²) >= 11 is 0. The van der Waals surface area contributed by atoms with Gasteiger partial charge in [-0.2, -0.15) is 13.2 Å². The van der Waals surface area contributed by atoms with E-state index in [0.717, 1.165) is 0 Å².